The first-order valence-electron chi connectivity index (χ1n) is 5.77. The highest BCUT2D eigenvalue weighted by molar-refractivity contribution is 6.02. The quantitative estimate of drug-likeness (QED) is 0.746. The molecule has 0 heterocycles. The van der Waals surface area contributed by atoms with Gasteiger partial charge in [0.25, 0.3) is 0 Å². The lowest BCUT2D eigenvalue weighted by molar-refractivity contribution is 0.0994. The summed E-state index contributed by atoms with van der Waals surface area (Å²) in [4.78, 5) is 11.6. The van der Waals surface area contributed by atoms with Crippen molar-refractivity contribution in [3.05, 3.63) is 59.2 Å². The lowest BCUT2D eigenvalue weighted by Gasteiger charge is -2.09. The van der Waals surface area contributed by atoms with Crippen molar-refractivity contribution >= 4 is 5.78 Å². The molecule has 0 atom stereocenters. The standard InChI is InChI=1S/C15H10F2O/c16-9-4-6-14(17)13(8-9)10-2-1-3-12-11(10)5-7-15(12)18/h1-4,6,8H,5,7H2. The second-order valence-corrected chi connectivity index (χ2v) is 4.38. The summed E-state index contributed by atoms with van der Waals surface area (Å²) >= 11 is 0. The molecule has 0 unspecified atom stereocenters. The Balaban J connectivity index is 2.25. The summed E-state index contributed by atoms with van der Waals surface area (Å²) in [7, 11) is 0. The summed E-state index contributed by atoms with van der Waals surface area (Å²) in [6.45, 7) is 0. The van der Waals surface area contributed by atoms with Crippen LogP contribution < -0.4 is 0 Å². The van der Waals surface area contributed by atoms with Gasteiger partial charge in [-0.3, -0.25) is 4.79 Å². The molecule has 0 saturated heterocycles. The van der Waals surface area contributed by atoms with E-state index in [-0.39, 0.29) is 11.3 Å². The van der Waals surface area contributed by atoms with Crippen molar-refractivity contribution in [1.29, 1.82) is 0 Å². The van der Waals surface area contributed by atoms with E-state index in [9.17, 15) is 13.6 Å². The number of Topliss-reactive ketones (excluding diaryl/α,β-unsaturated/α-hetero) is 1. The zero-order chi connectivity index (χ0) is 12.7. The zero-order valence-corrected chi connectivity index (χ0v) is 9.54. The molecule has 2 aromatic rings. The van der Waals surface area contributed by atoms with Crippen LogP contribution in [-0.4, -0.2) is 5.78 Å². The van der Waals surface area contributed by atoms with Crippen LogP contribution in [0.25, 0.3) is 11.1 Å². The molecule has 1 aliphatic rings. The third-order valence-corrected chi connectivity index (χ3v) is 3.30. The molecule has 0 bridgehead atoms. The van der Waals surface area contributed by atoms with E-state index in [0.717, 1.165) is 17.7 Å². The van der Waals surface area contributed by atoms with E-state index >= 15 is 0 Å². The number of carbonyl (C=O) groups excluding carboxylic acids is 1. The average molecular weight is 244 g/mol. The number of halogens is 2. The number of benzene rings is 2. The molecule has 0 spiro atoms. The average Bonchev–Trinajstić information content (AvgIpc) is 2.75. The minimum atomic E-state index is -0.478. The Morgan fingerprint density at radius 3 is 2.50 bits per heavy atom. The van der Waals surface area contributed by atoms with Crippen molar-refractivity contribution in [2.45, 2.75) is 12.8 Å². The van der Waals surface area contributed by atoms with Gasteiger partial charge in [0, 0.05) is 17.5 Å². The minimum Gasteiger partial charge on any atom is -0.294 e. The molecular weight excluding hydrogens is 234 g/mol. The molecule has 0 radical (unpaired) electrons. The molecule has 0 fully saturated rings. The first kappa shape index (κ1) is 11.1. The van der Waals surface area contributed by atoms with Gasteiger partial charge in [-0.15, -0.1) is 0 Å². The molecule has 0 aliphatic heterocycles. The maximum Gasteiger partial charge on any atom is 0.163 e. The number of carbonyl (C=O) groups is 1. The topological polar surface area (TPSA) is 17.1 Å². The lowest BCUT2D eigenvalue weighted by Crippen LogP contribution is -1.94. The van der Waals surface area contributed by atoms with Gasteiger partial charge >= 0.3 is 0 Å². The van der Waals surface area contributed by atoms with Crippen LogP contribution in [0, 0.1) is 11.6 Å². The fraction of sp³-hybridized carbons (Fsp3) is 0.133. The van der Waals surface area contributed by atoms with E-state index in [4.69, 9.17) is 0 Å². The summed E-state index contributed by atoms with van der Waals surface area (Å²) in [6, 6.07) is 8.56. The number of hydrogen-bond acceptors (Lipinski definition) is 1. The maximum atomic E-state index is 13.8. The van der Waals surface area contributed by atoms with Crippen LogP contribution in [0.5, 0.6) is 0 Å². The molecule has 90 valence electrons. The van der Waals surface area contributed by atoms with Crippen LogP contribution in [0.4, 0.5) is 8.78 Å². The van der Waals surface area contributed by atoms with Gasteiger partial charge in [-0.05, 0) is 35.7 Å². The van der Waals surface area contributed by atoms with Crippen molar-refractivity contribution in [2.75, 3.05) is 0 Å². The van der Waals surface area contributed by atoms with Gasteiger partial charge in [0.15, 0.2) is 5.78 Å². The first-order valence-corrected chi connectivity index (χ1v) is 5.77. The molecule has 0 amide bonds. The van der Waals surface area contributed by atoms with Gasteiger partial charge in [-0.25, -0.2) is 8.78 Å². The summed E-state index contributed by atoms with van der Waals surface area (Å²) in [5, 5.41) is 0. The van der Waals surface area contributed by atoms with Crippen molar-refractivity contribution in [3.63, 3.8) is 0 Å². The largest absolute Gasteiger partial charge is 0.294 e. The SMILES string of the molecule is O=C1CCc2c1cccc2-c1cc(F)ccc1F. The van der Waals surface area contributed by atoms with Crippen LogP contribution >= 0.6 is 0 Å². The highest BCUT2D eigenvalue weighted by Gasteiger charge is 2.23. The Morgan fingerprint density at radius 1 is 0.889 bits per heavy atom. The van der Waals surface area contributed by atoms with Crippen LogP contribution in [0.2, 0.25) is 0 Å². The Morgan fingerprint density at radius 2 is 1.67 bits per heavy atom. The van der Waals surface area contributed by atoms with Crippen molar-refractivity contribution < 1.29 is 13.6 Å². The van der Waals surface area contributed by atoms with Gasteiger partial charge in [0.05, 0.1) is 0 Å². The van der Waals surface area contributed by atoms with Gasteiger partial charge in [-0.1, -0.05) is 18.2 Å². The van der Waals surface area contributed by atoms with E-state index in [0.29, 0.717) is 24.0 Å². The minimum absolute atomic E-state index is 0.0728. The Hall–Kier alpha value is -2.03. The fourth-order valence-corrected chi connectivity index (χ4v) is 2.45. The molecule has 3 rings (SSSR count). The third kappa shape index (κ3) is 1.63. The van der Waals surface area contributed by atoms with E-state index in [1.807, 2.05) is 0 Å². The smallest absolute Gasteiger partial charge is 0.163 e. The van der Waals surface area contributed by atoms with Crippen LogP contribution in [-0.2, 0) is 6.42 Å². The molecule has 0 saturated carbocycles. The van der Waals surface area contributed by atoms with Gasteiger partial charge in [-0.2, -0.15) is 0 Å². The number of rotatable bonds is 1. The molecule has 1 aliphatic carbocycles. The van der Waals surface area contributed by atoms with Gasteiger partial charge < -0.3 is 0 Å². The number of hydrogen-bond donors (Lipinski definition) is 0. The monoisotopic (exact) mass is 244 g/mol. The maximum absolute atomic E-state index is 13.8. The lowest BCUT2D eigenvalue weighted by atomic mass is 9.96. The van der Waals surface area contributed by atoms with Gasteiger partial charge in [0.2, 0.25) is 0 Å². The highest BCUT2D eigenvalue weighted by Crippen LogP contribution is 2.33. The number of ketones is 1. The van der Waals surface area contributed by atoms with Crippen LogP contribution in [0.3, 0.4) is 0 Å². The second kappa shape index (κ2) is 4.02. The zero-order valence-electron chi connectivity index (χ0n) is 9.54. The summed E-state index contributed by atoms with van der Waals surface area (Å²) < 4.78 is 27.0. The summed E-state index contributed by atoms with van der Waals surface area (Å²) in [6.07, 6.45) is 1.05. The predicted molar refractivity (Wildman–Crippen MR) is 64.4 cm³/mol. The Bertz CT molecular complexity index is 647. The second-order valence-electron chi connectivity index (χ2n) is 4.38. The van der Waals surface area contributed by atoms with Crippen LogP contribution in [0.1, 0.15) is 22.3 Å². The molecular formula is C15H10F2O. The van der Waals surface area contributed by atoms with E-state index in [2.05, 4.69) is 0 Å². The summed E-state index contributed by atoms with van der Waals surface area (Å²) in [5.74, 6) is -0.874. The molecule has 0 N–H and O–H groups in total. The van der Waals surface area contributed by atoms with Crippen molar-refractivity contribution in [1.82, 2.24) is 0 Å². The highest BCUT2D eigenvalue weighted by atomic mass is 19.1. The van der Waals surface area contributed by atoms with Crippen LogP contribution in [0.15, 0.2) is 36.4 Å². The Kier molecular flexibility index (Phi) is 2.47. The van der Waals surface area contributed by atoms with E-state index in [1.54, 1.807) is 18.2 Å². The molecule has 3 heteroatoms. The third-order valence-electron chi connectivity index (χ3n) is 3.30. The molecule has 18 heavy (non-hydrogen) atoms. The van der Waals surface area contributed by atoms with E-state index < -0.39 is 11.6 Å². The fourth-order valence-electron chi connectivity index (χ4n) is 2.45. The predicted octanol–water partition coefficient (Wildman–Crippen LogP) is 3.76. The van der Waals surface area contributed by atoms with E-state index in [1.165, 1.54) is 6.07 Å². The Labute approximate surface area is 103 Å². The molecule has 1 nitrogen and oxygen atoms in total. The van der Waals surface area contributed by atoms with Crippen molar-refractivity contribution in [2.24, 2.45) is 0 Å². The molecule has 2 aromatic carbocycles. The first-order chi connectivity index (χ1) is 8.66. The summed E-state index contributed by atoms with van der Waals surface area (Å²) in [5.41, 5.74) is 2.31. The number of fused-ring (bicyclic) bond motifs is 1. The van der Waals surface area contributed by atoms with Crippen molar-refractivity contribution in [3.8, 4) is 11.1 Å². The molecule has 0 aromatic heterocycles. The van der Waals surface area contributed by atoms with Gasteiger partial charge in [0.1, 0.15) is 11.6 Å². The normalized spacial score (nSPS) is 13.8.